The number of likely N-dealkylation sites (tertiary alicyclic amines) is 1. The number of hydrogen-bond donors (Lipinski definition) is 1. The predicted octanol–water partition coefficient (Wildman–Crippen LogP) is 4.47. The van der Waals surface area contributed by atoms with Crippen molar-refractivity contribution < 1.29 is 14.0 Å². The van der Waals surface area contributed by atoms with Gasteiger partial charge in [-0.3, -0.25) is 9.59 Å². The highest BCUT2D eigenvalue weighted by Gasteiger charge is 2.32. The molecule has 1 N–H and O–H groups in total. The molecule has 0 bridgehead atoms. The summed E-state index contributed by atoms with van der Waals surface area (Å²) in [6.07, 6.45) is 4.78. The third-order valence-corrected chi connectivity index (χ3v) is 6.72. The molecule has 4 aromatic rings. The van der Waals surface area contributed by atoms with Crippen LogP contribution in [0.2, 0.25) is 0 Å². The van der Waals surface area contributed by atoms with Gasteiger partial charge in [-0.1, -0.05) is 54.6 Å². The number of carbonyl (C=O) groups is 2. The molecule has 1 saturated heterocycles. The van der Waals surface area contributed by atoms with Crippen LogP contribution in [0.3, 0.4) is 0 Å². The summed E-state index contributed by atoms with van der Waals surface area (Å²) in [6, 6.07) is 19.2. The van der Waals surface area contributed by atoms with Gasteiger partial charge < -0.3 is 14.8 Å². The highest BCUT2D eigenvalue weighted by Crippen LogP contribution is 2.27. The van der Waals surface area contributed by atoms with E-state index in [1.54, 1.807) is 40.1 Å². The minimum atomic E-state index is -0.729. The fraction of sp³-hybridized carbons (Fsp3) is 0.250. The molecule has 5 rings (SSSR count). The smallest absolute Gasteiger partial charge is 0.254 e. The van der Waals surface area contributed by atoms with Gasteiger partial charge in [-0.15, -0.1) is 0 Å². The third-order valence-electron chi connectivity index (χ3n) is 6.72. The number of imidazole rings is 1. The molecule has 1 fully saturated rings. The minimum Gasteiger partial charge on any atom is -0.342 e. The zero-order valence-electron chi connectivity index (χ0n) is 19.5. The molecule has 0 aliphatic carbocycles. The van der Waals surface area contributed by atoms with Gasteiger partial charge in [0.2, 0.25) is 5.91 Å². The summed E-state index contributed by atoms with van der Waals surface area (Å²) in [4.78, 5) is 33.0. The lowest BCUT2D eigenvalue weighted by Gasteiger charge is -2.33. The Kier molecular flexibility index (Phi) is 6.31. The van der Waals surface area contributed by atoms with Crippen molar-refractivity contribution in [3.05, 3.63) is 102 Å². The molecule has 2 heterocycles. The van der Waals surface area contributed by atoms with Crippen LogP contribution in [0.4, 0.5) is 4.39 Å². The van der Waals surface area contributed by atoms with Crippen LogP contribution in [0.5, 0.6) is 0 Å². The van der Waals surface area contributed by atoms with Gasteiger partial charge in [-0.05, 0) is 35.7 Å². The van der Waals surface area contributed by atoms with Crippen molar-refractivity contribution in [1.82, 2.24) is 19.8 Å². The molecule has 2 amide bonds. The molecule has 2 atom stereocenters. The molecule has 178 valence electrons. The van der Waals surface area contributed by atoms with Gasteiger partial charge >= 0.3 is 0 Å². The van der Waals surface area contributed by atoms with E-state index in [9.17, 15) is 14.0 Å². The van der Waals surface area contributed by atoms with Crippen LogP contribution in [0.15, 0.2) is 79.1 Å². The molecular weight excluding hydrogens is 443 g/mol. The Hall–Kier alpha value is -4.00. The first-order chi connectivity index (χ1) is 17.0. The third kappa shape index (κ3) is 4.54. The monoisotopic (exact) mass is 470 g/mol. The standard InChI is InChI=1S/C28H27FN4O2/c1-32-17-15-30-26(32)25(23-12-4-5-14-24(23)29)31-27(34)20-10-7-16-33(18-20)28(35)22-13-6-9-19-8-2-3-11-21(19)22/h2-6,8-9,11-15,17,20,25H,7,10,16,18H2,1H3,(H,31,34). The largest absolute Gasteiger partial charge is 0.342 e. The van der Waals surface area contributed by atoms with Gasteiger partial charge in [0, 0.05) is 43.7 Å². The fourth-order valence-corrected chi connectivity index (χ4v) is 4.86. The average molecular weight is 471 g/mol. The second-order valence-electron chi connectivity index (χ2n) is 8.98. The Bertz CT molecular complexity index is 1380. The Morgan fingerprint density at radius 2 is 1.83 bits per heavy atom. The molecule has 1 aromatic heterocycles. The van der Waals surface area contributed by atoms with Crippen molar-refractivity contribution in [2.45, 2.75) is 18.9 Å². The SMILES string of the molecule is Cn1ccnc1C(NC(=O)C1CCCN(C(=O)c2cccc3ccccc23)C1)c1ccccc1F. The lowest BCUT2D eigenvalue weighted by Crippen LogP contribution is -2.46. The summed E-state index contributed by atoms with van der Waals surface area (Å²) in [5.41, 5.74) is 0.996. The number of fused-ring (bicyclic) bond motifs is 1. The van der Waals surface area contributed by atoms with Crippen LogP contribution < -0.4 is 5.32 Å². The molecule has 1 aliphatic heterocycles. The lowest BCUT2D eigenvalue weighted by molar-refractivity contribution is -0.126. The zero-order valence-corrected chi connectivity index (χ0v) is 19.5. The minimum absolute atomic E-state index is 0.0749. The highest BCUT2D eigenvalue weighted by atomic mass is 19.1. The first-order valence-corrected chi connectivity index (χ1v) is 11.8. The molecule has 0 spiro atoms. The molecule has 0 saturated carbocycles. The van der Waals surface area contributed by atoms with Crippen LogP contribution in [0.25, 0.3) is 10.8 Å². The molecular formula is C28H27FN4O2. The quantitative estimate of drug-likeness (QED) is 0.468. The molecule has 0 radical (unpaired) electrons. The van der Waals surface area contributed by atoms with Crippen molar-refractivity contribution in [1.29, 1.82) is 0 Å². The van der Waals surface area contributed by atoms with Gasteiger partial charge in [-0.2, -0.15) is 0 Å². The van der Waals surface area contributed by atoms with Crippen LogP contribution in [-0.2, 0) is 11.8 Å². The van der Waals surface area contributed by atoms with Crippen molar-refractivity contribution in [2.75, 3.05) is 13.1 Å². The average Bonchev–Trinajstić information content (AvgIpc) is 3.32. The predicted molar refractivity (Wildman–Crippen MR) is 132 cm³/mol. The zero-order chi connectivity index (χ0) is 24.4. The Balaban J connectivity index is 1.37. The number of carbonyl (C=O) groups excluding carboxylic acids is 2. The van der Waals surface area contributed by atoms with Crippen molar-refractivity contribution >= 4 is 22.6 Å². The number of piperidine rings is 1. The highest BCUT2D eigenvalue weighted by molar-refractivity contribution is 6.07. The Morgan fingerprint density at radius 1 is 1.06 bits per heavy atom. The maximum Gasteiger partial charge on any atom is 0.254 e. The van der Waals surface area contributed by atoms with E-state index >= 15 is 0 Å². The molecule has 35 heavy (non-hydrogen) atoms. The molecule has 6 nitrogen and oxygen atoms in total. The van der Waals surface area contributed by atoms with Crippen molar-refractivity contribution in [2.24, 2.45) is 13.0 Å². The Labute approximate surface area is 203 Å². The van der Waals surface area contributed by atoms with E-state index in [2.05, 4.69) is 10.3 Å². The number of nitrogens with zero attached hydrogens (tertiary/aromatic N) is 3. The van der Waals surface area contributed by atoms with Crippen LogP contribution in [-0.4, -0.2) is 39.4 Å². The summed E-state index contributed by atoms with van der Waals surface area (Å²) < 4.78 is 16.5. The van der Waals surface area contributed by atoms with E-state index in [0.717, 1.165) is 17.2 Å². The number of aromatic nitrogens is 2. The normalized spacial score (nSPS) is 16.7. The van der Waals surface area contributed by atoms with E-state index in [1.807, 2.05) is 49.5 Å². The summed E-state index contributed by atoms with van der Waals surface area (Å²) in [5.74, 6) is -0.539. The van der Waals surface area contributed by atoms with Crippen LogP contribution in [0, 0.1) is 11.7 Å². The number of amides is 2. The second-order valence-corrected chi connectivity index (χ2v) is 8.98. The van der Waals surface area contributed by atoms with Crippen molar-refractivity contribution in [3.8, 4) is 0 Å². The molecule has 3 aromatic carbocycles. The van der Waals surface area contributed by atoms with E-state index in [4.69, 9.17) is 0 Å². The maximum atomic E-state index is 14.7. The number of halogens is 1. The number of aryl methyl sites for hydroxylation is 1. The molecule has 7 heteroatoms. The van der Waals surface area contributed by atoms with Gasteiger partial charge in [0.15, 0.2) is 0 Å². The Morgan fingerprint density at radius 3 is 2.63 bits per heavy atom. The molecule has 1 aliphatic rings. The number of benzene rings is 3. The van der Waals surface area contributed by atoms with E-state index < -0.39 is 17.8 Å². The van der Waals surface area contributed by atoms with Crippen LogP contribution in [0.1, 0.15) is 40.6 Å². The number of rotatable bonds is 5. The van der Waals surface area contributed by atoms with E-state index in [0.29, 0.717) is 36.5 Å². The fourth-order valence-electron chi connectivity index (χ4n) is 4.86. The van der Waals surface area contributed by atoms with E-state index in [-0.39, 0.29) is 11.8 Å². The second kappa shape index (κ2) is 9.70. The first-order valence-electron chi connectivity index (χ1n) is 11.8. The van der Waals surface area contributed by atoms with Gasteiger partial charge in [0.1, 0.15) is 17.7 Å². The van der Waals surface area contributed by atoms with Gasteiger partial charge in [0.25, 0.3) is 5.91 Å². The van der Waals surface area contributed by atoms with Gasteiger partial charge in [0.05, 0.1) is 5.92 Å². The number of hydrogen-bond acceptors (Lipinski definition) is 3. The molecule has 2 unspecified atom stereocenters. The van der Waals surface area contributed by atoms with Crippen molar-refractivity contribution in [3.63, 3.8) is 0 Å². The summed E-state index contributed by atoms with van der Waals surface area (Å²) in [5, 5.41) is 4.93. The topological polar surface area (TPSA) is 67.2 Å². The first kappa shape index (κ1) is 22.8. The van der Waals surface area contributed by atoms with Gasteiger partial charge in [-0.25, -0.2) is 9.37 Å². The maximum absolute atomic E-state index is 14.7. The van der Waals surface area contributed by atoms with Crippen LogP contribution >= 0.6 is 0 Å². The lowest BCUT2D eigenvalue weighted by atomic mass is 9.94. The summed E-state index contributed by atoms with van der Waals surface area (Å²) in [7, 11) is 1.81. The van der Waals surface area contributed by atoms with E-state index in [1.165, 1.54) is 6.07 Å². The number of nitrogens with one attached hydrogen (secondary N) is 1. The summed E-state index contributed by atoms with van der Waals surface area (Å²) in [6.45, 7) is 0.917. The summed E-state index contributed by atoms with van der Waals surface area (Å²) >= 11 is 0.